The maximum absolute atomic E-state index is 11.9. The quantitative estimate of drug-likeness (QED) is 0.762. The number of amides is 2. The molecular weight excluding hydrogens is 322 g/mol. The summed E-state index contributed by atoms with van der Waals surface area (Å²) in [6.07, 6.45) is 3.38. The van der Waals surface area contributed by atoms with Crippen molar-refractivity contribution in [2.45, 2.75) is 0 Å². The van der Waals surface area contributed by atoms with Gasteiger partial charge < -0.3 is 5.32 Å². The van der Waals surface area contributed by atoms with Crippen molar-refractivity contribution in [2.24, 2.45) is 0 Å². The van der Waals surface area contributed by atoms with Crippen LogP contribution in [0.25, 0.3) is 10.6 Å². The molecule has 1 aromatic carbocycles. The highest BCUT2D eigenvalue weighted by Crippen LogP contribution is 2.25. The normalized spacial score (nSPS) is 10.2. The van der Waals surface area contributed by atoms with Crippen LogP contribution in [0.3, 0.4) is 0 Å². The lowest BCUT2D eigenvalue weighted by Gasteiger charge is -2.04. The topological polar surface area (TPSA) is 79.8 Å². The van der Waals surface area contributed by atoms with Gasteiger partial charge >= 0.3 is 6.03 Å². The molecule has 0 saturated heterocycles. The van der Waals surface area contributed by atoms with Crippen LogP contribution in [0.4, 0.5) is 15.6 Å². The van der Waals surface area contributed by atoms with Crippen LogP contribution in [0.5, 0.6) is 0 Å². The van der Waals surface area contributed by atoms with Crippen LogP contribution < -0.4 is 10.6 Å². The summed E-state index contributed by atoms with van der Waals surface area (Å²) in [5.74, 6) is 0. The molecule has 0 saturated carbocycles. The van der Waals surface area contributed by atoms with Crippen molar-refractivity contribution in [1.29, 1.82) is 0 Å². The SMILES string of the molecule is O=C(Nc1ccc(Cl)cc1)Nc1nnc(-c2cccnc2)s1. The molecule has 2 heterocycles. The number of benzene rings is 1. The smallest absolute Gasteiger partial charge is 0.308 e. The van der Waals surface area contributed by atoms with Crippen molar-refractivity contribution in [1.82, 2.24) is 15.2 Å². The zero-order chi connectivity index (χ0) is 15.4. The molecule has 6 nitrogen and oxygen atoms in total. The fraction of sp³-hybridized carbons (Fsp3) is 0. The monoisotopic (exact) mass is 331 g/mol. The molecule has 22 heavy (non-hydrogen) atoms. The number of anilines is 2. The van der Waals surface area contributed by atoms with E-state index in [0.29, 0.717) is 20.8 Å². The lowest BCUT2D eigenvalue weighted by atomic mass is 10.3. The molecule has 0 spiro atoms. The largest absolute Gasteiger partial charge is 0.325 e. The van der Waals surface area contributed by atoms with E-state index in [2.05, 4.69) is 25.8 Å². The average molecular weight is 332 g/mol. The summed E-state index contributed by atoms with van der Waals surface area (Å²) in [7, 11) is 0. The number of nitrogens with one attached hydrogen (secondary N) is 2. The molecular formula is C14H10ClN5OS. The second-order valence-corrected chi connectivity index (χ2v) is 5.65. The minimum Gasteiger partial charge on any atom is -0.308 e. The molecule has 0 atom stereocenters. The number of urea groups is 1. The third kappa shape index (κ3) is 3.57. The van der Waals surface area contributed by atoms with Gasteiger partial charge in [0.2, 0.25) is 5.13 Å². The molecule has 0 fully saturated rings. The van der Waals surface area contributed by atoms with Crippen molar-refractivity contribution in [3.05, 3.63) is 53.8 Å². The van der Waals surface area contributed by atoms with Crippen molar-refractivity contribution >= 4 is 39.8 Å². The number of hydrogen-bond acceptors (Lipinski definition) is 5. The number of hydrogen-bond donors (Lipinski definition) is 2. The molecule has 0 radical (unpaired) electrons. The van der Waals surface area contributed by atoms with Crippen LogP contribution in [0.1, 0.15) is 0 Å². The zero-order valence-electron chi connectivity index (χ0n) is 11.2. The van der Waals surface area contributed by atoms with Gasteiger partial charge in [-0.25, -0.2) is 4.79 Å². The molecule has 2 amide bonds. The first-order chi connectivity index (χ1) is 10.7. The molecule has 110 valence electrons. The number of aromatic nitrogens is 3. The van der Waals surface area contributed by atoms with Gasteiger partial charge in [0.05, 0.1) is 0 Å². The molecule has 8 heteroatoms. The minimum absolute atomic E-state index is 0.392. The van der Waals surface area contributed by atoms with E-state index < -0.39 is 6.03 Å². The van der Waals surface area contributed by atoms with Crippen molar-refractivity contribution in [3.8, 4) is 10.6 Å². The standard InChI is InChI=1S/C14H10ClN5OS/c15-10-3-5-11(6-4-10)17-13(21)18-14-20-19-12(22-14)9-2-1-7-16-8-9/h1-8H,(H2,17,18,20,21). The van der Waals surface area contributed by atoms with Crippen molar-refractivity contribution in [3.63, 3.8) is 0 Å². The fourth-order valence-corrected chi connectivity index (χ4v) is 2.53. The maximum Gasteiger partial charge on any atom is 0.325 e. The summed E-state index contributed by atoms with van der Waals surface area (Å²) in [6, 6.07) is 10.1. The Labute approximate surface area is 135 Å². The Kier molecular flexibility index (Phi) is 4.27. The van der Waals surface area contributed by atoms with Gasteiger partial charge in [-0.05, 0) is 36.4 Å². The number of nitrogens with zero attached hydrogens (tertiary/aromatic N) is 3. The Morgan fingerprint density at radius 2 is 1.91 bits per heavy atom. The highest BCUT2D eigenvalue weighted by Gasteiger charge is 2.09. The van der Waals surface area contributed by atoms with Crippen molar-refractivity contribution in [2.75, 3.05) is 10.6 Å². The molecule has 3 rings (SSSR count). The number of carbonyl (C=O) groups excluding carboxylic acids is 1. The van der Waals surface area contributed by atoms with Gasteiger partial charge in [0.15, 0.2) is 5.01 Å². The third-order valence-electron chi connectivity index (χ3n) is 2.66. The molecule has 0 bridgehead atoms. The number of carbonyl (C=O) groups is 1. The van der Waals surface area contributed by atoms with Gasteiger partial charge in [0.1, 0.15) is 0 Å². The summed E-state index contributed by atoms with van der Waals surface area (Å²) in [6.45, 7) is 0. The lowest BCUT2D eigenvalue weighted by molar-refractivity contribution is 0.262. The van der Waals surface area contributed by atoms with Crippen LogP contribution in [0, 0.1) is 0 Å². The van der Waals surface area contributed by atoms with E-state index in [9.17, 15) is 4.79 Å². The van der Waals surface area contributed by atoms with Crippen molar-refractivity contribution < 1.29 is 4.79 Å². The average Bonchev–Trinajstić information content (AvgIpc) is 2.99. The Bertz CT molecular complexity index is 775. The van der Waals surface area contributed by atoms with Crippen LogP contribution in [-0.4, -0.2) is 21.2 Å². The summed E-state index contributed by atoms with van der Waals surface area (Å²) in [5.41, 5.74) is 1.49. The van der Waals surface area contributed by atoms with Gasteiger partial charge in [-0.2, -0.15) is 0 Å². The summed E-state index contributed by atoms with van der Waals surface area (Å²) < 4.78 is 0. The number of halogens is 1. The van der Waals surface area contributed by atoms with E-state index in [1.54, 1.807) is 36.7 Å². The predicted octanol–water partition coefficient (Wildman–Crippen LogP) is 3.90. The molecule has 2 aromatic heterocycles. The van der Waals surface area contributed by atoms with E-state index in [1.807, 2.05) is 12.1 Å². The molecule has 3 aromatic rings. The van der Waals surface area contributed by atoms with Gasteiger partial charge in [0.25, 0.3) is 0 Å². The van der Waals surface area contributed by atoms with E-state index in [4.69, 9.17) is 11.6 Å². The Hall–Kier alpha value is -2.51. The maximum atomic E-state index is 11.9. The lowest BCUT2D eigenvalue weighted by Crippen LogP contribution is -2.19. The van der Waals surface area contributed by atoms with E-state index in [-0.39, 0.29) is 0 Å². The molecule has 0 aliphatic heterocycles. The van der Waals surface area contributed by atoms with Crippen LogP contribution in [-0.2, 0) is 0 Å². The van der Waals surface area contributed by atoms with E-state index >= 15 is 0 Å². The first kappa shape index (κ1) is 14.4. The van der Waals surface area contributed by atoms with Crippen LogP contribution in [0.2, 0.25) is 5.02 Å². The summed E-state index contributed by atoms with van der Waals surface area (Å²) in [4.78, 5) is 15.9. The third-order valence-corrected chi connectivity index (χ3v) is 3.80. The second kappa shape index (κ2) is 6.50. The molecule has 2 N–H and O–H groups in total. The van der Waals surface area contributed by atoms with Crippen LogP contribution >= 0.6 is 22.9 Å². The summed E-state index contributed by atoms with van der Waals surface area (Å²) in [5, 5.41) is 15.0. The molecule has 0 aliphatic rings. The second-order valence-electron chi connectivity index (χ2n) is 4.24. The highest BCUT2D eigenvalue weighted by molar-refractivity contribution is 7.18. The van der Waals surface area contributed by atoms with Gasteiger partial charge in [-0.1, -0.05) is 22.9 Å². The Morgan fingerprint density at radius 3 is 2.64 bits per heavy atom. The van der Waals surface area contributed by atoms with Gasteiger partial charge in [-0.15, -0.1) is 10.2 Å². The zero-order valence-corrected chi connectivity index (χ0v) is 12.7. The first-order valence-electron chi connectivity index (χ1n) is 6.28. The Balaban J connectivity index is 1.65. The van der Waals surface area contributed by atoms with Crippen LogP contribution in [0.15, 0.2) is 48.8 Å². The fourth-order valence-electron chi connectivity index (χ4n) is 1.67. The summed E-state index contributed by atoms with van der Waals surface area (Å²) >= 11 is 7.06. The van der Waals surface area contributed by atoms with E-state index in [1.165, 1.54) is 11.3 Å². The van der Waals surface area contributed by atoms with Gasteiger partial charge in [-0.3, -0.25) is 10.3 Å². The molecule has 0 aliphatic carbocycles. The van der Waals surface area contributed by atoms with E-state index in [0.717, 1.165) is 5.56 Å². The molecule has 0 unspecified atom stereocenters. The first-order valence-corrected chi connectivity index (χ1v) is 7.47. The minimum atomic E-state index is -0.392. The highest BCUT2D eigenvalue weighted by atomic mass is 35.5. The predicted molar refractivity (Wildman–Crippen MR) is 87.2 cm³/mol. The van der Waals surface area contributed by atoms with Gasteiger partial charge in [0, 0.05) is 28.7 Å². The Morgan fingerprint density at radius 1 is 1.09 bits per heavy atom. The number of pyridine rings is 1. The number of rotatable bonds is 3.